The van der Waals surface area contributed by atoms with Crippen molar-refractivity contribution >= 4 is 35.0 Å². The number of aromatic nitrogens is 3. The van der Waals surface area contributed by atoms with Gasteiger partial charge in [-0.15, -0.1) is 0 Å². The first-order chi connectivity index (χ1) is 12.5. The minimum Gasteiger partial charge on any atom is -0.480 e. The molecule has 0 spiro atoms. The van der Waals surface area contributed by atoms with Crippen LogP contribution in [0.15, 0.2) is 48.8 Å². The molecule has 0 fully saturated rings. The summed E-state index contributed by atoms with van der Waals surface area (Å²) >= 11 is 6.16. The van der Waals surface area contributed by atoms with E-state index < -0.39 is 5.97 Å². The van der Waals surface area contributed by atoms with E-state index in [4.69, 9.17) is 16.7 Å². The van der Waals surface area contributed by atoms with Crippen LogP contribution in [0, 0.1) is 6.92 Å². The number of nitrogens with zero attached hydrogens (tertiary/aromatic N) is 3. The molecule has 0 aliphatic carbocycles. The molecule has 0 radical (unpaired) electrons. The summed E-state index contributed by atoms with van der Waals surface area (Å²) in [5.74, 6) is -0.290. The molecule has 26 heavy (non-hydrogen) atoms. The maximum absolute atomic E-state index is 10.8. The predicted molar refractivity (Wildman–Crippen MR) is 101 cm³/mol. The van der Waals surface area contributed by atoms with Crippen LogP contribution in [-0.4, -0.2) is 32.6 Å². The molecule has 0 aliphatic rings. The normalized spacial score (nSPS) is 10.4. The summed E-state index contributed by atoms with van der Waals surface area (Å²) in [4.78, 5) is 23.6. The van der Waals surface area contributed by atoms with E-state index in [2.05, 4.69) is 25.6 Å². The second kappa shape index (κ2) is 7.79. The Hall–Kier alpha value is -3.19. The molecule has 3 aromatic rings. The zero-order valence-electron chi connectivity index (χ0n) is 13.9. The van der Waals surface area contributed by atoms with Crippen LogP contribution in [0.5, 0.6) is 0 Å². The molecule has 0 amide bonds. The second-order valence-corrected chi connectivity index (χ2v) is 5.95. The number of hydrogen-bond acceptors (Lipinski definition) is 6. The average Bonchev–Trinajstić information content (AvgIpc) is 2.64. The van der Waals surface area contributed by atoms with Gasteiger partial charge in [0.25, 0.3) is 0 Å². The lowest BCUT2D eigenvalue weighted by atomic mass is 10.2. The molecule has 2 aromatic heterocycles. The van der Waals surface area contributed by atoms with Gasteiger partial charge in [0.1, 0.15) is 12.4 Å². The molecule has 0 aliphatic heterocycles. The number of nitrogens with one attached hydrogen (secondary N) is 2. The van der Waals surface area contributed by atoms with E-state index in [9.17, 15) is 4.79 Å². The van der Waals surface area contributed by atoms with Crippen LogP contribution in [0.2, 0.25) is 5.02 Å². The number of pyridine rings is 1. The van der Waals surface area contributed by atoms with E-state index in [1.165, 1.54) is 0 Å². The van der Waals surface area contributed by atoms with Gasteiger partial charge in [-0.2, -0.15) is 4.98 Å². The number of anilines is 3. The number of halogens is 1. The fourth-order valence-electron chi connectivity index (χ4n) is 2.23. The lowest BCUT2D eigenvalue weighted by molar-refractivity contribution is -0.134. The van der Waals surface area contributed by atoms with Gasteiger partial charge in [0.15, 0.2) is 0 Å². The molecule has 2 heterocycles. The van der Waals surface area contributed by atoms with Crippen molar-refractivity contribution in [2.45, 2.75) is 6.92 Å². The van der Waals surface area contributed by atoms with Gasteiger partial charge in [0, 0.05) is 34.7 Å². The quantitative estimate of drug-likeness (QED) is 0.608. The molecule has 132 valence electrons. The van der Waals surface area contributed by atoms with Gasteiger partial charge in [-0.05, 0) is 36.8 Å². The number of aliphatic carboxylic acids is 1. The van der Waals surface area contributed by atoms with Crippen molar-refractivity contribution in [2.24, 2.45) is 0 Å². The maximum Gasteiger partial charge on any atom is 0.322 e. The van der Waals surface area contributed by atoms with Crippen LogP contribution in [0.1, 0.15) is 5.56 Å². The van der Waals surface area contributed by atoms with Crippen molar-refractivity contribution in [3.8, 4) is 11.3 Å². The first-order valence-electron chi connectivity index (χ1n) is 7.79. The summed E-state index contributed by atoms with van der Waals surface area (Å²) in [5, 5.41) is 15.4. The van der Waals surface area contributed by atoms with E-state index in [1.807, 2.05) is 25.1 Å². The maximum atomic E-state index is 10.8. The summed E-state index contributed by atoms with van der Waals surface area (Å²) in [7, 11) is 0. The Morgan fingerprint density at radius 3 is 2.77 bits per heavy atom. The van der Waals surface area contributed by atoms with Crippen molar-refractivity contribution in [1.29, 1.82) is 0 Å². The Morgan fingerprint density at radius 2 is 2.08 bits per heavy atom. The highest BCUT2D eigenvalue weighted by Gasteiger charge is 2.09. The topological polar surface area (TPSA) is 100 Å². The Labute approximate surface area is 155 Å². The lowest BCUT2D eigenvalue weighted by Gasteiger charge is -2.11. The third kappa shape index (κ3) is 4.46. The largest absolute Gasteiger partial charge is 0.480 e. The number of carboxylic acid groups (broad SMARTS) is 1. The summed E-state index contributed by atoms with van der Waals surface area (Å²) in [6, 6.07) is 11.0. The van der Waals surface area contributed by atoms with E-state index in [-0.39, 0.29) is 12.5 Å². The highest BCUT2D eigenvalue weighted by molar-refractivity contribution is 6.31. The van der Waals surface area contributed by atoms with Crippen LogP contribution in [0.4, 0.5) is 17.5 Å². The number of benzene rings is 1. The molecule has 0 atom stereocenters. The average molecular weight is 370 g/mol. The fraction of sp³-hybridized carbons (Fsp3) is 0.111. The molecule has 1 aromatic carbocycles. The molecule has 7 nitrogen and oxygen atoms in total. The van der Waals surface area contributed by atoms with Gasteiger partial charge in [-0.1, -0.05) is 17.7 Å². The van der Waals surface area contributed by atoms with Crippen LogP contribution in [0.25, 0.3) is 11.3 Å². The fourth-order valence-corrected chi connectivity index (χ4v) is 2.41. The van der Waals surface area contributed by atoms with E-state index in [0.717, 1.165) is 16.8 Å². The highest BCUT2D eigenvalue weighted by atomic mass is 35.5. The zero-order chi connectivity index (χ0) is 18.5. The highest BCUT2D eigenvalue weighted by Crippen LogP contribution is 2.25. The molecule has 0 saturated carbocycles. The number of aryl methyl sites for hydroxylation is 1. The molecule has 0 saturated heterocycles. The van der Waals surface area contributed by atoms with E-state index in [0.29, 0.717) is 16.5 Å². The van der Waals surface area contributed by atoms with Crippen molar-refractivity contribution in [2.75, 3.05) is 17.2 Å². The molecular formula is C18H16ClN5O2. The zero-order valence-corrected chi connectivity index (χ0v) is 14.7. The monoisotopic (exact) mass is 369 g/mol. The van der Waals surface area contributed by atoms with E-state index in [1.54, 1.807) is 30.6 Å². The van der Waals surface area contributed by atoms with Crippen LogP contribution >= 0.6 is 11.6 Å². The third-order valence-electron chi connectivity index (χ3n) is 3.53. The van der Waals surface area contributed by atoms with Gasteiger partial charge >= 0.3 is 5.97 Å². The number of carbonyl (C=O) groups is 1. The molecule has 3 N–H and O–H groups in total. The summed E-state index contributed by atoms with van der Waals surface area (Å²) in [6.45, 7) is 1.64. The van der Waals surface area contributed by atoms with Crippen LogP contribution in [-0.2, 0) is 4.79 Å². The van der Waals surface area contributed by atoms with Crippen molar-refractivity contribution < 1.29 is 9.90 Å². The van der Waals surface area contributed by atoms with Gasteiger partial charge in [0.05, 0.1) is 5.69 Å². The van der Waals surface area contributed by atoms with Gasteiger partial charge in [-0.25, -0.2) is 4.98 Å². The molecule has 0 unspecified atom stereocenters. The number of carboxylic acids is 1. The SMILES string of the molecule is Cc1ccc(Nc2cc(-c3cccnc3)nc(NCC(=O)O)n2)cc1Cl. The first-order valence-corrected chi connectivity index (χ1v) is 8.17. The van der Waals surface area contributed by atoms with Gasteiger partial charge < -0.3 is 15.7 Å². The molecule has 0 bridgehead atoms. The van der Waals surface area contributed by atoms with Gasteiger partial charge in [-0.3, -0.25) is 9.78 Å². The van der Waals surface area contributed by atoms with Crippen molar-refractivity contribution in [1.82, 2.24) is 15.0 Å². The Morgan fingerprint density at radius 1 is 1.23 bits per heavy atom. The predicted octanol–water partition coefficient (Wildman–Crippen LogP) is 3.74. The Bertz CT molecular complexity index is 934. The minimum absolute atomic E-state index is 0.203. The van der Waals surface area contributed by atoms with Crippen LogP contribution in [0.3, 0.4) is 0 Å². The van der Waals surface area contributed by atoms with Crippen molar-refractivity contribution in [3.05, 3.63) is 59.4 Å². The van der Waals surface area contributed by atoms with Gasteiger partial charge in [0.2, 0.25) is 5.95 Å². The van der Waals surface area contributed by atoms with Crippen molar-refractivity contribution in [3.63, 3.8) is 0 Å². The van der Waals surface area contributed by atoms with E-state index >= 15 is 0 Å². The molecule has 8 heteroatoms. The molecular weight excluding hydrogens is 354 g/mol. The third-order valence-corrected chi connectivity index (χ3v) is 3.93. The summed E-state index contributed by atoms with van der Waals surface area (Å²) < 4.78 is 0. The smallest absolute Gasteiger partial charge is 0.322 e. The summed E-state index contributed by atoms with van der Waals surface area (Å²) in [5.41, 5.74) is 3.14. The Balaban J connectivity index is 1.95. The molecule has 3 rings (SSSR count). The summed E-state index contributed by atoms with van der Waals surface area (Å²) in [6.07, 6.45) is 3.34. The standard InChI is InChI=1S/C18H16ClN5O2/c1-11-4-5-13(7-14(11)19)22-16-8-15(12-3-2-6-20-9-12)23-18(24-16)21-10-17(25)26/h2-9H,10H2,1H3,(H,25,26)(H2,21,22,23,24). The Kier molecular flexibility index (Phi) is 5.28. The van der Waals surface area contributed by atoms with Crippen LogP contribution < -0.4 is 10.6 Å². The first kappa shape index (κ1) is 17.6. The second-order valence-electron chi connectivity index (χ2n) is 5.54. The lowest BCUT2D eigenvalue weighted by Crippen LogP contribution is -2.15. The minimum atomic E-state index is -1.000. The number of rotatable bonds is 6. The number of hydrogen-bond donors (Lipinski definition) is 3.